The topological polar surface area (TPSA) is 45.1 Å². The summed E-state index contributed by atoms with van der Waals surface area (Å²) >= 11 is 3.41. The largest absolute Gasteiger partial charge is 0.396 e. The average molecular weight is 296 g/mol. The van der Waals surface area contributed by atoms with Gasteiger partial charge in [-0.05, 0) is 31.2 Å². The van der Waals surface area contributed by atoms with Crippen molar-refractivity contribution in [1.82, 2.24) is 10.3 Å². The van der Waals surface area contributed by atoms with E-state index in [4.69, 9.17) is 5.11 Å². The first-order chi connectivity index (χ1) is 9.17. The molecular formula is C14H20N2OS2. The van der Waals surface area contributed by atoms with E-state index in [1.807, 2.05) is 0 Å². The van der Waals surface area contributed by atoms with Gasteiger partial charge in [0.2, 0.25) is 0 Å². The number of aliphatic hydroxyl groups is 1. The lowest BCUT2D eigenvalue weighted by molar-refractivity contribution is 0.214. The number of rotatable bonds is 7. The van der Waals surface area contributed by atoms with Crippen LogP contribution >= 0.6 is 22.7 Å². The van der Waals surface area contributed by atoms with E-state index in [0.717, 1.165) is 30.1 Å². The number of thiazole rings is 1. The molecule has 0 amide bonds. The van der Waals surface area contributed by atoms with E-state index in [9.17, 15) is 0 Å². The molecular weight excluding hydrogens is 276 g/mol. The third-order valence-electron chi connectivity index (χ3n) is 3.42. The van der Waals surface area contributed by atoms with Crippen molar-refractivity contribution in [2.75, 3.05) is 6.61 Å². The second kappa shape index (κ2) is 6.61. The molecule has 0 aliphatic heterocycles. The van der Waals surface area contributed by atoms with Gasteiger partial charge in [0.25, 0.3) is 0 Å². The second-order valence-corrected chi connectivity index (χ2v) is 6.67. The Hall–Kier alpha value is -0.750. The minimum atomic E-state index is -0.0124. The van der Waals surface area contributed by atoms with Crippen molar-refractivity contribution >= 4 is 22.7 Å². The van der Waals surface area contributed by atoms with E-state index in [0.29, 0.717) is 0 Å². The van der Waals surface area contributed by atoms with Crippen molar-refractivity contribution in [2.24, 2.45) is 0 Å². The molecule has 1 unspecified atom stereocenters. The summed E-state index contributed by atoms with van der Waals surface area (Å²) in [5.74, 6) is 0. The molecule has 104 valence electrons. The van der Waals surface area contributed by atoms with Gasteiger partial charge >= 0.3 is 0 Å². The number of aromatic nitrogens is 1. The van der Waals surface area contributed by atoms with Gasteiger partial charge in [-0.2, -0.15) is 0 Å². The molecule has 5 heteroatoms. The molecule has 0 bridgehead atoms. The van der Waals surface area contributed by atoms with Crippen LogP contribution in [0.2, 0.25) is 0 Å². The van der Waals surface area contributed by atoms with Crippen LogP contribution in [0.5, 0.6) is 0 Å². The summed E-state index contributed by atoms with van der Waals surface area (Å²) < 4.78 is 0. The van der Waals surface area contributed by atoms with Gasteiger partial charge in [0.1, 0.15) is 5.01 Å². The fourth-order valence-corrected chi connectivity index (χ4v) is 3.48. The van der Waals surface area contributed by atoms with Crippen molar-refractivity contribution < 1.29 is 5.11 Å². The molecule has 0 aliphatic rings. The highest BCUT2D eigenvalue weighted by atomic mass is 32.1. The van der Waals surface area contributed by atoms with Gasteiger partial charge in [-0.1, -0.05) is 13.0 Å². The van der Waals surface area contributed by atoms with Gasteiger partial charge in [-0.25, -0.2) is 4.98 Å². The summed E-state index contributed by atoms with van der Waals surface area (Å²) in [6.45, 7) is 5.26. The second-order valence-electron chi connectivity index (χ2n) is 4.86. The Morgan fingerprint density at radius 2 is 2.26 bits per heavy atom. The summed E-state index contributed by atoms with van der Waals surface area (Å²) in [7, 11) is 0. The molecule has 2 aromatic heterocycles. The average Bonchev–Trinajstić information content (AvgIpc) is 3.07. The van der Waals surface area contributed by atoms with E-state index in [2.05, 4.69) is 47.0 Å². The van der Waals surface area contributed by atoms with Crippen LogP contribution in [0.25, 0.3) is 9.88 Å². The first-order valence-electron chi connectivity index (χ1n) is 6.51. The maximum Gasteiger partial charge on any atom is 0.133 e. The molecule has 0 saturated carbocycles. The summed E-state index contributed by atoms with van der Waals surface area (Å²) in [6.07, 6.45) is 1.76. The first-order valence-corrected chi connectivity index (χ1v) is 8.27. The van der Waals surface area contributed by atoms with Crippen LogP contribution in [-0.2, 0) is 6.54 Å². The Morgan fingerprint density at radius 1 is 1.42 bits per heavy atom. The zero-order valence-corrected chi connectivity index (χ0v) is 13.0. The third kappa shape index (κ3) is 3.86. The predicted molar refractivity (Wildman–Crippen MR) is 82.7 cm³/mol. The number of hydrogen-bond acceptors (Lipinski definition) is 5. The molecule has 0 fully saturated rings. The van der Waals surface area contributed by atoms with Crippen molar-refractivity contribution in [2.45, 2.75) is 38.8 Å². The van der Waals surface area contributed by atoms with Crippen LogP contribution in [0.1, 0.15) is 32.4 Å². The van der Waals surface area contributed by atoms with E-state index < -0.39 is 0 Å². The summed E-state index contributed by atoms with van der Waals surface area (Å²) in [4.78, 5) is 5.88. The quantitative estimate of drug-likeness (QED) is 0.822. The molecule has 0 aliphatic carbocycles. The standard InChI is InChI=1S/C14H20N2OS2/c1-3-14(2,6-7-17)15-9-11-10-19-13(16-11)12-5-4-8-18-12/h4-5,8,10,15,17H,3,6-7,9H2,1-2H3. The van der Waals surface area contributed by atoms with Crippen LogP contribution in [0.15, 0.2) is 22.9 Å². The Morgan fingerprint density at radius 3 is 2.89 bits per heavy atom. The smallest absolute Gasteiger partial charge is 0.133 e. The Balaban J connectivity index is 1.97. The highest BCUT2D eigenvalue weighted by molar-refractivity contribution is 7.20. The van der Waals surface area contributed by atoms with E-state index >= 15 is 0 Å². The molecule has 2 heterocycles. The molecule has 0 spiro atoms. The maximum atomic E-state index is 9.11. The maximum absolute atomic E-state index is 9.11. The van der Waals surface area contributed by atoms with Gasteiger partial charge in [0, 0.05) is 24.1 Å². The molecule has 3 nitrogen and oxygen atoms in total. The van der Waals surface area contributed by atoms with E-state index in [1.165, 1.54) is 4.88 Å². The number of nitrogens with zero attached hydrogens (tertiary/aromatic N) is 1. The number of thiophene rings is 1. The van der Waals surface area contributed by atoms with E-state index in [-0.39, 0.29) is 12.1 Å². The first kappa shape index (κ1) is 14.7. The normalized spacial score (nSPS) is 14.5. The summed E-state index contributed by atoms with van der Waals surface area (Å²) in [5, 5.41) is 17.9. The number of hydrogen-bond donors (Lipinski definition) is 2. The predicted octanol–water partition coefficient (Wildman–Crippen LogP) is 3.51. The van der Waals surface area contributed by atoms with Gasteiger partial charge in [0.15, 0.2) is 0 Å². The highest BCUT2D eigenvalue weighted by Gasteiger charge is 2.20. The van der Waals surface area contributed by atoms with Gasteiger partial charge in [-0.3, -0.25) is 0 Å². The highest BCUT2D eigenvalue weighted by Crippen LogP contribution is 2.28. The molecule has 19 heavy (non-hydrogen) atoms. The van der Waals surface area contributed by atoms with Crippen molar-refractivity contribution in [3.63, 3.8) is 0 Å². The van der Waals surface area contributed by atoms with Crippen LogP contribution in [0.3, 0.4) is 0 Å². The SMILES string of the molecule is CCC(C)(CCO)NCc1csc(-c2cccs2)n1. The van der Waals surface area contributed by atoms with Crippen LogP contribution in [0.4, 0.5) is 0 Å². The molecule has 0 radical (unpaired) electrons. The minimum absolute atomic E-state index is 0.0124. The minimum Gasteiger partial charge on any atom is -0.396 e. The monoisotopic (exact) mass is 296 g/mol. The van der Waals surface area contributed by atoms with Crippen LogP contribution in [0, 0.1) is 0 Å². The lowest BCUT2D eigenvalue weighted by atomic mass is 9.95. The molecule has 2 rings (SSSR count). The third-order valence-corrected chi connectivity index (χ3v) is 5.35. The summed E-state index contributed by atoms with van der Waals surface area (Å²) in [6, 6.07) is 4.15. The Bertz CT molecular complexity index is 495. The molecule has 1 atom stereocenters. The van der Waals surface area contributed by atoms with E-state index in [1.54, 1.807) is 22.7 Å². The number of aliphatic hydroxyl groups excluding tert-OH is 1. The van der Waals surface area contributed by atoms with Gasteiger partial charge in [-0.15, -0.1) is 22.7 Å². The van der Waals surface area contributed by atoms with Crippen molar-refractivity contribution in [3.05, 3.63) is 28.6 Å². The van der Waals surface area contributed by atoms with Gasteiger partial charge < -0.3 is 10.4 Å². The fraction of sp³-hybridized carbons (Fsp3) is 0.500. The number of nitrogens with one attached hydrogen (secondary N) is 1. The molecule has 0 aromatic carbocycles. The van der Waals surface area contributed by atoms with Crippen molar-refractivity contribution in [1.29, 1.82) is 0 Å². The molecule has 0 saturated heterocycles. The fourth-order valence-electron chi connectivity index (χ4n) is 1.84. The zero-order valence-electron chi connectivity index (χ0n) is 11.3. The van der Waals surface area contributed by atoms with Gasteiger partial charge in [0.05, 0.1) is 10.6 Å². The summed E-state index contributed by atoms with van der Waals surface area (Å²) in [5.41, 5.74) is 1.06. The van der Waals surface area contributed by atoms with Crippen LogP contribution in [-0.4, -0.2) is 22.2 Å². The lowest BCUT2D eigenvalue weighted by Gasteiger charge is -2.28. The van der Waals surface area contributed by atoms with Crippen molar-refractivity contribution in [3.8, 4) is 9.88 Å². The Labute approximate surface area is 122 Å². The Kier molecular flexibility index (Phi) is 5.10. The zero-order chi connectivity index (χ0) is 13.7. The lowest BCUT2D eigenvalue weighted by Crippen LogP contribution is -2.42. The molecule has 2 N–H and O–H groups in total. The van der Waals surface area contributed by atoms with Crippen LogP contribution < -0.4 is 5.32 Å². The molecule has 2 aromatic rings.